The van der Waals surface area contributed by atoms with E-state index in [4.69, 9.17) is 4.63 Å². The first kappa shape index (κ1) is 18.2. The highest BCUT2D eigenvalue weighted by Gasteiger charge is 2.29. The molecule has 0 saturated carbocycles. The summed E-state index contributed by atoms with van der Waals surface area (Å²) in [6.45, 7) is 7.97. The summed E-state index contributed by atoms with van der Waals surface area (Å²) in [6, 6.07) is 7.76. The van der Waals surface area contributed by atoms with Crippen molar-refractivity contribution in [2.45, 2.75) is 33.6 Å². The molecule has 0 unspecified atom stereocenters. The first-order valence-corrected chi connectivity index (χ1v) is 9.47. The summed E-state index contributed by atoms with van der Waals surface area (Å²) in [6.07, 6.45) is 2.25. The van der Waals surface area contributed by atoms with Gasteiger partial charge in [0.15, 0.2) is 5.52 Å². The van der Waals surface area contributed by atoms with Crippen LogP contribution in [0.1, 0.15) is 30.9 Å². The summed E-state index contributed by atoms with van der Waals surface area (Å²) in [7, 11) is 0. The molecule has 146 valence electrons. The topological polar surface area (TPSA) is 97.3 Å². The van der Waals surface area contributed by atoms with Crippen molar-refractivity contribution in [3.8, 4) is 0 Å². The first-order valence-electron chi connectivity index (χ1n) is 9.47. The summed E-state index contributed by atoms with van der Waals surface area (Å²) in [4.78, 5) is 13.6. The molecule has 1 fully saturated rings. The second-order valence-corrected chi connectivity index (χ2v) is 7.65. The number of aryl methyl sites for hydroxylation is 2. The molecular formula is C20H23N5O3. The third-order valence-corrected chi connectivity index (χ3v) is 5.32. The lowest BCUT2D eigenvalue weighted by molar-refractivity contribution is -0.382. The second kappa shape index (κ2) is 7.10. The fourth-order valence-electron chi connectivity index (χ4n) is 3.94. The molecular weight excluding hydrogens is 358 g/mol. The van der Waals surface area contributed by atoms with E-state index in [9.17, 15) is 10.1 Å². The fourth-order valence-corrected chi connectivity index (χ4v) is 3.94. The predicted octanol–water partition coefficient (Wildman–Crippen LogP) is 4.73. The molecule has 2 heterocycles. The van der Waals surface area contributed by atoms with Gasteiger partial charge in [0.25, 0.3) is 0 Å². The minimum Gasteiger partial charge on any atom is -0.369 e. The van der Waals surface area contributed by atoms with Crippen LogP contribution < -0.4 is 10.2 Å². The molecule has 0 bridgehead atoms. The monoisotopic (exact) mass is 381 g/mol. The molecule has 1 saturated heterocycles. The number of fused-ring (bicyclic) bond motifs is 1. The molecule has 2 aromatic carbocycles. The number of anilines is 3. The van der Waals surface area contributed by atoms with Gasteiger partial charge in [0.05, 0.1) is 10.6 Å². The number of aromatic nitrogens is 2. The van der Waals surface area contributed by atoms with Crippen LogP contribution in [0.4, 0.5) is 22.7 Å². The van der Waals surface area contributed by atoms with E-state index in [1.165, 1.54) is 6.42 Å². The molecule has 4 rings (SSSR count). The highest BCUT2D eigenvalue weighted by Crippen LogP contribution is 2.41. The SMILES string of the molecule is Cc1ccc(Nc2cc(N3CCC[C@H](C)C3)c3nonc3c2[N+](=O)[O-])c(C)c1. The van der Waals surface area contributed by atoms with E-state index in [1.54, 1.807) is 0 Å². The second-order valence-electron chi connectivity index (χ2n) is 7.65. The van der Waals surface area contributed by atoms with Crippen molar-refractivity contribution < 1.29 is 9.55 Å². The summed E-state index contributed by atoms with van der Waals surface area (Å²) < 4.78 is 4.90. The summed E-state index contributed by atoms with van der Waals surface area (Å²) in [5.74, 6) is 0.551. The predicted molar refractivity (Wildman–Crippen MR) is 108 cm³/mol. The van der Waals surface area contributed by atoms with Gasteiger partial charge in [-0.2, -0.15) is 0 Å². The van der Waals surface area contributed by atoms with Gasteiger partial charge in [-0.3, -0.25) is 10.1 Å². The van der Waals surface area contributed by atoms with Crippen molar-refractivity contribution in [3.63, 3.8) is 0 Å². The lowest BCUT2D eigenvalue weighted by Gasteiger charge is -2.32. The number of piperidine rings is 1. The van der Waals surface area contributed by atoms with Crippen LogP contribution in [0.5, 0.6) is 0 Å². The number of hydrogen-bond acceptors (Lipinski definition) is 7. The number of hydrogen-bond donors (Lipinski definition) is 1. The highest BCUT2D eigenvalue weighted by molar-refractivity contribution is 6.00. The van der Waals surface area contributed by atoms with Gasteiger partial charge in [-0.15, -0.1) is 0 Å². The Morgan fingerprint density at radius 2 is 2.00 bits per heavy atom. The van der Waals surface area contributed by atoms with Gasteiger partial charge in [0.2, 0.25) is 5.52 Å². The van der Waals surface area contributed by atoms with Crippen LogP contribution in [0.25, 0.3) is 11.0 Å². The molecule has 3 aromatic rings. The van der Waals surface area contributed by atoms with Gasteiger partial charge < -0.3 is 10.2 Å². The zero-order valence-corrected chi connectivity index (χ0v) is 16.2. The lowest BCUT2D eigenvalue weighted by Crippen LogP contribution is -2.34. The maximum absolute atomic E-state index is 11.8. The van der Waals surface area contributed by atoms with Gasteiger partial charge in [0, 0.05) is 18.8 Å². The molecule has 8 nitrogen and oxygen atoms in total. The number of nitro benzene ring substituents is 1. The molecule has 0 spiro atoms. The van der Waals surface area contributed by atoms with E-state index in [1.807, 2.05) is 38.1 Å². The van der Waals surface area contributed by atoms with Crippen LogP contribution in [0.15, 0.2) is 28.9 Å². The first-order chi connectivity index (χ1) is 13.4. The summed E-state index contributed by atoms with van der Waals surface area (Å²) in [5.41, 5.74) is 4.68. The number of benzene rings is 2. The smallest absolute Gasteiger partial charge is 0.324 e. The Morgan fingerprint density at radius 3 is 2.71 bits per heavy atom. The minimum absolute atomic E-state index is 0.120. The Labute approximate surface area is 162 Å². The minimum atomic E-state index is -0.430. The lowest BCUT2D eigenvalue weighted by atomic mass is 9.99. The molecule has 1 N–H and O–H groups in total. The molecule has 1 aromatic heterocycles. The van der Waals surface area contributed by atoms with Gasteiger partial charge in [-0.05, 0) is 60.6 Å². The van der Waals surface area contributed by atoms with Crippen LogP contribution in [-0.4, -0.2) is 28.3 Å². The number of nitro groups is 1. The average molecular weight is 381 g/mol. The Balaban J connectivity index is 1.86. The highest BCUT2D eigenvalue weighted by atomic mass is 16.6. The van der Waals surface area contributed by atoms with Crippen molar-refractivity contribution in [3.05, 3.63) is 45.5 Å². The Bertz CT molecular complexity index is 1050. The fraction of sp³-hybridized carbons (Fsp3) is 0.400. The van der Waals surface area contributed by atoms with Gasteiger partial charge in [-0.25, -0.2) is 4.63 Å². The van der Waals surface area contributed by atoms with Crippen LogP contribution in [0.3, 0.4) is 0 Å². The van der Waals surface area contributed by atoms with Crippen molar-refractivity contribution in [1.29, 1.82) is 0 Å². The molecule has 28 heavy (non-hydrogen) atoms. The van der Waals surface area contributed by atoms with E-state index >= 15 is 0 Å². The average Bonchev–Trinajstić information content (AvgIpc) is 3.12. The van der Waals surface area contributed by atoms with E-state index in [-0.39, 0.29) is 11.2 Å². The number of nitrogens with zero attached hydrogens (tertiary/aromatic N) is 4. The van der Waals surface area contributed by atoms with Crippen molar-refractivity contribution in [2.75, 3.05) is 23.3 Å². The zero-order valence-electron chi connectivity index (χ0n) is 16.2. The number of nitrogens with one attached hydrogen (secondary N) is 1. The summed E-state index contributed by atoms with van der Waals surface area (Å²) >= 11 is 0. The maximum atomic E-state index is 11.8. The van der Waals surface area contributed by atoms with Crippen LogP contribution >= 0.6 is 0 Å². The summed E-state index contributed by atoms with van der Waals surface area (Å²) in [5, 5.41) is 22.9. The van der Waals surface area contributed by atoms with Gasteiger partial charge in [-0.1, -0.05) is 24.6 Å². The normalized spacial score (nSPS) is 17.1. The van der Waals surface area contributed by atoms with E-state index in [0.717, 1.165) is 42.0 Å². The third-order valence-electron chi connectivity index (χ3n) is 5.32. The molecule has 1 atom stereocenters. The zero-order chi connectivity index (χ0) is 19.8. The Kier molecular flexibility index (Phi) is 4.62. The Hall–Kier alpha value is -3.16. The van der Waals surface area contributed by atoms with Crippen molar-refractivity contribution in [2.24, 2.45) is 5.92 Å². The quantitative estimate of drug-likeness (QED) is 0.515. The standard InChI is InChI=1S/C20H23N5O3/c1-12-6-7-15(14(3)9-12)21-16-10-17(24-8-4-5-13(2)11-24)18-19(23-28-22-18)20(16)25(26)27/h6-7,9-10,13,21H,4-5,8,11H2,1-3H3/t13-/m0/s1. The Morgan fingerprint density at radius 1 is 1.21 bits per heavy atom. The molecule has 1 aliphatic heterocycles. The van der Waals surface area contributed by atoms with Crippen molar-refractivity contribution in [1.82, 2.24) is 10.3 Å². The molecule has 1 aliphatic rings. The van der Waals surface area contributed by atoms with Crippen LogP contribution in [0, 0.1) is 29.9 Å². The van der Waals surface area contributed by atoms with Crippen LogP contribution in [0.2, 0.25) is 0 Å². The molecule has 8 heteroatoms. The largest absolute Gasteiger partial charge is 0.369 e. The molecule has 0 amide bonds. The van der Waals surface area contributed by atoms with Gasteiger partial charge >= 0.3 is 5.69 Å². The third kappa shape index (κ3) is 3.26. The molecule has 0 aliphatic carbocycles. The number of rotatable bonds is 4. The molecule has 0 radical (unpaired) electrons. The van der Waals surface area contributed by atoms with E-state index in [0.29, 0.717) is 17.1 Å². The van der Waals surface area contributed by atoms with E-state index < -0.39 is 4.92 Å². The maximum Gasteiger partial charge on any atom is 0.324 e. The van der Waals surface area contributed by atoms with Crippen LogP contribution in [-0.2, 0) is 0 Å². The van der Waals surface area contributed by atoms with Gasteiger partial charge in [0.1, 0.15) is 5.69 Å². The van der Waals surface area contributed by atoms with E-state index in [2.05, 4.69) is 27.5 Å². The van der Waals surface area contributed by atoms with Crippen molar-refractivity contribution >= 4 is 33.8 Å².